The molecule has 3 N–H and O–H groups in total. The Morgan fingerprint density at radius 2 is 1.86 bits per heavy atom. The fraction of sp³-hybridized carbons (Fsp3) is 0.943. The lowest BCUT2D eigenvalue weighted by molar-refractivity contribution is -0.552. The molecule has 0 aromatic rings. The van der Waals surface area contributed by atoms with Gasteiger partial charge in [0.05, 0.1) is 24.4 Å². The van der Waals surface area contributed by atoms with Crippen LogP contribution in [0.25, 0.3) is 0 Å². The van der Waals surface area contributed by atoms with Crippen LogP contribution < -0.4 is 0 Å². The maximum Gasteiger partial charge on any atom is 0.246 e. The monoisotopic (exact) mass is 637 g/mol. The number of ether oxygens (including phenoxy) is 2. The van der Waals surface area contributed by atoms with E-state index in [9.17, 15) is 25.4 Å². The molecule has 5 aliphatic rings. The largest absolute Gasteiger partial charge is 0.394 e. The van der Waals surface area contributed by atoms with E-state index >= 15 is 0 Å². The van der Waals surface area contributed by atoms with Crippen LogP contribution in [-0.2, 0) is 9.47 Å². The number of aliphatic hydroxyl groups excluding tert-OH is 2. The van der Waals surface area contributed by atoms with E-state index in [2.05, 4.69) is 49.9 Å². The third-order valence-electron chi connectivity index (χ3n) is 14.0. The van der Waals surface area contributed by atoms with Gasteiger partial charge in [0.15, 0.2) is 12.4 Å². The first-order chi connectivity index (χ1) is 20.4. The Balaban J connectivity index is 1.34. The van der Waals surface area contributed by atoms with E-state index in [1.807, 2.05) is 13.8 Å². The summed E-state index contributed by atoms with van der Waals surface area (Å²) in [4.78, 5) is 11.2. The van der Waals surface area contributed by atoms with Crippen molar-refractivity contribution >= 4 is 9.24 Å². The summed E-state index contributed by atoms with van der Waals surface area (Å²) in [7, 11) is 3.05. The molecule has 44 heavy (non-hydrogen) atoms. The lowest BCUT2D eigenvalue weighted by Gasteiger charge is -2.66. The van der Waals surface area contributed by atoms with Crippen LogP contribution in [0.3, 0.4) is 0 Å². The molecule has 0 bridgehead atoms. The molecular weight excluding hydrogens is 577 g/mol. The summed E-state index contributed by atoms with van der Waals surface area (Å²) < 4.78 is 12.3. The Labute approximate surface area is 267 Å². The third-order valence-corrected chi connectivity index (χ3v) is 14.7. The van der Waals surface area contributed by atoms with Crippen LogP contribution >= 0.6 is 9.24 Å². The molecule has 0 amide bonds. The average Bonchev–Trinajstić information content (AvgIpc) is 3.21. The van der Waals surface area contributed by atoms with Gasteiger partial charge in [0, 0.05) is 16.5 Å². The van der Waals surface area contributed by atoms with Crippen molar-refractivity contribution in [2.45, 2.75) is 160 Å². The molecule has 4 aliphatic carbocycles. The first-order valence-corrected chi connectivity index (χ1v) is 17.9. The smallest absolute Gasteiger partial charge is 0.246 e. The minimum atomic E-state index is -1.38. The van der Waals surface area contributed by atoms with Crippen molar-refractivity contribution in [2.75, 3.05) is 6.61 Å². The zero-order valence-electron chi connectivity index (χ0n) is 28.3. The van der Waals surface area contributed by atoms with Gasteiger partial charge in [-0.25, -0.2) is 0 Å². The molecule has 4 fully saturated rings. The first kappa shape index (κ1) is 34.7. The number of hydrogen-bond acceptors (Lipinski definition) is 7. The maximum absolute atomic E-state index is 11.6. The van der Waals surface area contributed by atoms with Crippen LogP contribution in [0.1, 0.15) is 119 Å². The summed E-state index contributed by atoms with van der Waals surface area (Å²) in [6.07, 6.45) is 9.97. The average molecular weight is 638 g/mol. The number of hydrogen-bond donors (Lipinski definition) is 3. The van der Waals surface area contributed by atoms with Gasteiger partial charge >= 0.3 is 0 Å². The van der Waals surface area contributed by atoms with Gasteiger partial charge in [0.1, 0.15) is 0 Å². The summed E-state index contributed by atoms with van der Waals surface area (Å²) in [5, 5.41) is 42.0. The second-order valence-corrected chi connectivity index (χ2v) is 18.2. The summed E-state index contributed by atoms with van der Waals surface area (Å²) >= 11 is 0. The zero-order chi connectivity index (χ0) is 32.5. The molecule has 3 saturated carbocycles. The summed E-state index contributed by atoms with van der Waals surface area (Å²) in [6.45, 7) is 15.9. The highest BCUT2D eigenvalue weighted by atomic mass is 31.0. The van der Waals surface area contributed by atoms with E-state index in [1.165, 1.54) is 37.7 Å². The molecule has 5 rings (SSSR count). The molecule has 8 nitrogen and oxygen atoms in total. The van der Waals surface area contributed by atoms with Crippen molar-refractivity contribution in [1.29, 1.82) is 0 Å². The summed E-state index contributed by atoms with van der Waals surface area (Å²) in [6, 6.07) is -1.22. The van der Waals surface area contributed by atoms with Gasteiger partial charge in [0.25, 0.3) is 0 Å². The highest BCUT2D eigenvalue weighted by Crippen LogP contribution is 2.75. The molecule has 252 valence electrons. The van der Waals surface area contributed by atoms with Crippen molar-refractivity contribution in [1.82, 2.24) is 0 Å². The van der Waals surface area contributed by atoms with Crippen LogP contribution in [0.5, 0.6) is 0 Å². The Kier molecular flexibility index (Phi) is 9.55. The number of aliphatic hydroxyl groups is 3. The SMILES string of the molecule is C[C@H](CCCC(C)(C)O)C1CC[C@@]2(C)C3CC=C4C(CC[C@H](O[C@@H]5O[C@H](CO)C[C@H]([N+](=O)[O-])[C@H]5O)[C@@]4(C)P)[C@]3(C)CC[C@]12C. The Morgan fingerprint density at radius 3 is 2.50 bits per heavy atom. The predicted octanol–water partition coefficient (Wildman–Crippen LogP) is 6.28. The van der Waals surface area contributed by atoms with Gasteiger partial charge in [-0.15, -0.1) is 9.24 Å². The van der Waals surface area contributed by atoms with E-state index < -0.39 is 35.1 Å². The number of nitro groups is 1. The molecule has 1 saturated heterocycles. The van der Waals surface area contributed by atoms with Crippen molar-refractivity contribution in [3.63, 3.8) is 0 Å². The van der Waals surface area contributed by atoms with Crippen LogP contribution in [0.15, 0.2) is 11.6 Å². The molecule has 4 unspecified atom stereocenters. The minimum absolute atomic E-state index is 0.0293. The van der Waals surface area contributed by atoms with E-state index in [-0.39, 0.29) is 35.1 Å². The molecule has 0 aromatic carbocycles. The molecule has 1 heterocycles. The number of rotatable bonds is 9. The molecule has 0 spiro atoms. The Bertz CT molecular complexity index is 1110. The van der Waals surface area contributed by atoms with Gasteiger partial charge in [0.2, 0.25) is 6.04 Å². The number of nitrogens with zero attached hydrogens (tertiary/aromatic N) is 1. The predicted molar refractivity (Wildman–Crippen MR) is 175 cm³/mol. The maximum atomic E-state index is 11.6. The first-order valence-electron chi connectivity index (χ1n) is 17.3. The van der Waals surface area contributed by atoms with Crippen molar-refractivity contribution < 1.29 is 29.7 Å². The topological polar surface area (TPSA) is 122 Å². The minimum Gasteiger partial charge on any atom is -0.394 e. The molecule has 14 atom stereocenters. The number of fused-ring (bicyclic) bond motifs is 5. The quantitative estimate of drug-likeness (QED) is 0.118. The lowest BCUT2D eigenvalue weighted by Crippen LogP contribution is -2.61. The van der Waals surface area contributed by atoms with Gasteiger partial charge in [-0.05, 0) is 112 Å². The van der Waals surface area contributed by atoms with E-state index in [4.69, 9.17) is 9.47 Å². The van der Waals surface area contributed by atoms with Gasteiger partial charge in [-0.2, -0.15) is 0 Å². The molecule has 1 aliphatic heterocycles. The van der Waals surface area contributed by atoms with Crippen molar-refractivity contribution in [3.8, 4) is 0 Å². The van der Waals surface area contributed by atoms with E-state index in [0.29, 0.717) is 29.1 Å². The normalized spacial score (nSPS) is 48.1. The van der Waals surface area contributed by atoms with Gasteiger partial charge < -0.3 is 24.8 Å². The fourth-order valence-electron chi connectivity index (χ4n) is 11.2. The Hall–Kier alpha value is -0.630. The standard InChI is InChI=1S/C35H60NO7P/c1-21(9-8-15-31(2,3)39)23-14-16-34(6)27-12-10-25-24(32(27,4)17-18-33(23,34)5)11-13-28(35(25,7)44)43-30-29(38)26(36(40)41)19-22(20-37)42-30/h10,21-24,26-30,37-39H,8-9,11-20,44H2,1-7H3/t21-,22+,23?,24?,26+,27?,28+,29-,30+,32+,33-,34+,35+/m1/s1. The lowest BCUT2D eigenvalue weighted by atomic mass is 9.39. The Morgan fingerprint density at radius 1 is 1.16 bits per heavy atom. The highest BCUT2D eigenvalue weighted by molar-refractivity contribution is 7.19. The van der Waals surface area contributed by atoms with Crippen molar-refractivity contribution in [3.05, 3.63) is 21.8 Å². The van der Waals surface area contributed by atoms with E-state index in [1.54, 1.807) is 0 Å². The van der Waals surface area contributed by atoms with Crippen LogP contribution in [-0.4, -0.2) is 68.3 Å². The fourth-order valence-corrected chi connectivity index (χ4v) is 11.8. The molecule has 0 radical (unpaired) electrons. The van der Waals surface area contributed by atoms with Crippen molar-refractivity contribution in [2.24, 2.45) is 39.9 Å². The second-order valence-electron chi connectivity index (χ2n) is 17.0. The van der Waals surface area contributed by atoms with Crippen LogP contribution in [0.2, 0.25) is 0 Å². The number of allylic oxidation sites excluding steroid dienone is 1. The van der Waals surface area contributed by atoms with Crippen LogP contribution in [0, 0.1) is 50.0 Å². The second kappa shape index (κ2) is 12.1. The molecular formula is C35H60NO7P. The van der Waals surface area contributed by atoms with Crippen LogP contribution in [0.4, 0.5) is 0 Å². The molecule has 9 heteroatoms. The molecule has 0 aromatic heterocycles. The third kappa shape index (κ3) is 5.74. The van der Waals surface area contributed by atoms with Gasteiger partial charge in [-0.1, -0.05) is 52.2 Å². The zero-order valence-corrected chi connectivity index (χ0v) is 29.4. The highest BCUT2D eigenvalue weighted by Gasteiger charge is 2.67. The summed E-state index contributed by atoms with van der Waals surface area (Å²) in [5.41, 5.74) is 1.60. The van der Waals surface area contributed by atoms with E-state index in [0.717, 1.165) is 32.1 Å². The van der Waals surface area contributed by atoms with Gasteiger partial charge in [-0.3, -0.25) is 10.1 Å². The summed E-state index contributed by atoms with van der Waals surface area (Å²) in [5.74, 6) is 2.43.